The Labute approximate surface area is 214 Å². The van der Waals surface area contributed by atoms with Gasteiger partial charge in [-0.3, -0.25) is 14.5 Å². The molecule has 190 valence electrons. The molecule has 0 amide bonds. The number of carbonyl (C=O) groups excluding carboxylic acids is 1. The molecule has 0 bridgehead atoms. The monoisotopic (exact) mass is 500 g/mol. The summed E-state index contributed by atoms with van der Waals surface area (Å²) in [4.78, 5) is 41.3. The number of fused-ring (bicyclic) bond motifs is 1. The van der Waals surface area contributed by atoms with Gasteiger partial charge in [0.2, 0.25) is 0 Å². The van der Waals surface area contributed by atoms with E-state index in [4.69, 9.17) is 4.74 Å². The number of nitrogens with zero attached hydrogens (tertiary/aromatic N) is 1. The fraction of sp³-hybridized carbons (Fsp3) is 0.207. The summed E-state index contributed by atoms with van der Waals surface area (Å²) in [6.07, 6.45) is -0.116. The molecule has 37 heavy (non-hydrogen) atoms. The minimum absolute atomic E-state index is 0.0315. The van der Waals surface area contributed by atoms with Crippen molar-refractivity contribution in [3.8, 4) is 5.75 Å². The van der Waals surface area contributed by atoms with Gasteiger partial charge in [-0.25, -0.2) is 4.79 Å². The number of benzene rings is 3. The molecule has 1 atom stereocenters. The number of Topliss-reactive ketones (excluding diaryl/α,β-unsaturated/α-hetero) is 1. The van der Waals surface area contributed by atoms with Crippen LogP contribution >= 0.6 is 0 Å². The van der Waals surface area contributed by atoms with Gasteiger partial charge in [0, 0.05) is 23.5 Å². The number of hydrogen-bond donors (Lipinski definition) is 3. The van der Waals surface area contributed by atoms with Gasteiger partial charge >= 0.3 is 11.9 Å². The minimum atomic E-state index is -1.15. The zero-order chi connectivity index (χ0) is 26.4. The predicted octanol–water partition coefficient (Wildman–Crippen LogP) is 4.99. The molecule has 1 unspecified atom stereocenters. The number of aliphatic carboxylic acids is 1. The van der Waals surface area contributed by atoms with E-state index in [1.807, 2.05) is 65.6 Å². The number of nitrogens with one attached hydrogen (secondary N) is 1. The van der Waals surface area contributed by atoms with E-state index in [0.717, 1.165) is 11.1 Å². The maximum atomic E-state index is 13.5. The molecule has 0 saturated carbocycles. The lowest BCUT2D eigenvalue weighted by Gasteiger charge is -2.27. The number of ketones is 1. The highest BCUT2D eigenvalue weighted by molar-refractivity contribution is 6.11. The number of aromatic carboxylic acids is 1. The van der Waals surface area contributed by atoms with Crippen molar-refractivity contribution in [1.82, 2.24) is 9.88 Å². The highest BCUT2D eigenvalue weighted by atomic mass is 16.5. The van der Waals surface area contributed by atoms with Crippen LogP contribution in [0.2, 0.25) is 0 Å². The maximum absolute atomic E-state index is 13.5. The molecular weight excluding hydrogens is 472 g/mol. The Bertz CT molecular complexity index is 1400. The van der Waals surface area contributed by atoms with Crippen LogP contribution in [0.3, 0.4) is 0 Å². The van der Waals surface area contributed by atoms with Crippen LogP contribution < -0.4 is 4.74 Å². The quantitative estimate of drug-likeness (QED) is 0.234. The Morgan fingerprint density at radius 3 is 2.19 bits per heavy atom. The third kappa shape index (κ3) is 6.42. The molecule has 8 heteroatoms. The van der Waals surface area contributed by atoms with Gasteiger partial charge in [0.15, 0.2) is 5.78 Å². The molecular formula is C29H28N2O6. The second-order valence-electron chi connectivity index (χ2n) is 8.92. The van der Waals surface area contributed by atoms with Crippen molar-refractivity contribution in [2.24, 2.45) is 0 Å². The number of aromatic nitrogens is 1. The van der Waals surface area contributed by atoms with E-state index in [1.54, 1.807) is 19.1 Å². The van der Waals surface area contributed by atoms with E-state index in [0.29, 0.717) is 28.8 Å². The molecule has 0 spiro atoms. The van der Waals surface area contributed by atoms with Crippen LogP contribution in [0.1, 0.15) is 45.3 Å². The van der Waals surface area contributed by atoms with Crippen molar-refractivity contribution >= 4 is 28.6 Å². The van der Waals surface area contributed by atoms with Crippen molar-refractivity contribution in [3.63, 3.8) is 0 Å². The van der Waals surface area contributed by atoms with Crippen LogP contribution in [-0.4, -0.2) is 50.4 Å². The van der Waals surface area contributed by atoms with Gasteiger partial charge in [-0.05, 0) is 36.2 Å². The molecule has 8 nitrogen and oxygen atoms in total. The van der Waals surface area contributed by atoms with Gasteiger partial charge in [0.1, 0.15) is 18.1 Å². The molecule has 0 radical (unpaired) electrons. The van der Waals surface area contributed by atoms with Crippen molar-refractivity contribution < 1.29 is 29.3 Å². The van der Waals surface area contributed by atoms with Crippen LogP contribution in [-0.2, 0) is 17.9 Å². The lowest BCUT2D eigenvalue weighted by atomic mass is 10.0. The Kier molecular flexibility index (Phi) is 8.00. The largest absolute Gasteiger partial charge is 0.487 e. The Morgan fingerprint density at radius 2 is 1.57 bits per heavy atom. The van der Waals surface area contributed by atoms with Gasteiger partial charge in [0.25, 0.3) is 0 Å². The Morgan fingerprint density at radius 1 is 0.919 bits per heavy atom. The van der Waals surface area contributed by atoms with E-state index in [2.05, 4.69) is 4.98 Å². The van der Waals surface area contributed by atoms with Crippen LogP contribution in [0.4, 0.5) is 0 Å². The average Bonchev–Trinajstić information content (AvgIpc) is 3.34. The number of ether oxygens (including phenoxy) is 1. The lowest BCUT2D eigenvalue weighted by Crippen LogP contribution is -2.38. The number of H-pyrrole nitrogens is 1. The summed E-state index contributed by atoms with van der Waals surface area (Å²) in [6.45, 7) is 2.42. The summed E-state index contributed by atoms with van der Waals surface area (Å²) in [7, 11) is 0. The first-order chi connectivity index (χ1) is 17.8. The molecule has 4 aromatic rings. The van der Waals surface area contributed by atoms with Crippen LogP contribution in [0.25, 0.3) is 10.9 Å². The molecule has 0 saturated heterocycles. The van der Waals surface area contributed by atoms with E-state index in [-0.39, 0.29) is 31.0 Å². The Hall–Kier alpha value is -4.43. The molecule has 0 aliphatic carbocycles. The smallest absolute Gasteiger partial charge is 0.352 e. The van der Waals surface area contributed by atoms with E-state index in [9.17, 15) is 24.6 Å². The minimum Gasteiger partial charge on any atom is -0.487 e. The summed E-state index contributed by atoms with van der Waals surface area (Å²) >= 11 is 0. The third-order valence-electron chi connectivity index (χ3n) is 6.19. The molecule has 1 aromatic heterocycles. The first kappa shape index (κ1) is 25.7. The van der Waals surface area contributed by atoms with Crippen molar-refractivity contribution in [2.75, 3.05) is 6.54 Å². The topological polar surface area (TPSA) is 120 Å². The van der Waals surface area contributed by atoms with E-state index >= 15 is 0 Å². The Balaban J connectivity index is 1.63. The summed E-state index contributed by atoms with van der Waals surface area (Å²) in [5, 5.41) is 19.3. The molecule has 0 fully saturated rings. The van der Waals surface area contributed by atoms with E-state index in [1.165, 1.54) is 6.07 Å². The van der Waals surface area contributed by atoms with E-state index < -0.39 is 18.0 Å². The normalized spacial score (nSPS) is 11.9. The molecule has 3 N–H and O–H groups in total. The first-order valence-electron chi connectivity index (χ1n) is 11.9. The van der Waals surface area contributed by atoms with Gasteiger partial charge in [-0.2, -0.15) is 0 Å². The summed E-state index contributed by atoms with van der Waals surface area (Å²) in [5.41, 5.74) is 2.61. The van der Waals surface area contributed by atoms with Gasteiger partial charge in [-0.15, -0.1) is 0 Å². The summed E-state index contributed by atoms with van der Waals surface area (Å²) in [6, 6.07) is 23.4. The molecule has 4 rings (SSSR count). The summed E-state index contributed by atoms with van der Waals surface area (Å²) < 4.78 is 5.96. The standard InChI is InChI=1S/C29H28N2O6/c1-19(14-27(33)34)31(16-20-8-4-2-5-9-20)17-25(32)22-12-13-26(37-18-21-10-6-3-7-11-21)28-23(22)15-24(30-28)29(35)36/h2-13,15,19,30H,14,16-18H2,1H3,(H,33,34)(H,35,36). The predicted molar refractivity (Wildman–Crippen MR) is 139 cm³/mol. The van der Waals surface area contributed by atoms with Crippen LogP contribution in [0.5, 0.6) is 5.75 Å². The fourth-order valence-corrected chi connectivity index (χ4v) is 4.24. The molecule has 0 aliphatic rings. The fourth-order valence-electron chi connectivity index (χ4n) is 4.24. The van der Waals surface area contributed by atoms with Crippen LogP contribution in [0.15, 0.2) is 78.9 Å². The SMILES string of the molecule is CC(CC(=O)O)N(CC(=O)c1ccc(OCc2ccccc2)c2[nH]c(C(=O)O)cc12)Cc1ccccc1. The number of aromatic amines is 1. The molecule has 0 aliphatic heterocycles. The van der Waals surface area contributed by atoms with Gasteiger partial charge < -0.3 is 19.9 Å². The van der Waals surface area contributed by atoms with Gasteiger partial charge in [-0.1, -0.05) is 60.7 Å². The number of hydrogen-bond acceptors (Lipinski definition) is 5. The maximum Gasteiger partial charge on any atom is 0.352 e. The molecule has 3 aromatic carbocycles. The highest BCUT2D eigenvalue weighted by Crippen LogP contribution is 2.30. The number of carboxylic acids is 2. The number of carboxylic acid groups (broad SMARTS) is 2. The average molecular weight is 501 g/mol. The van der Waals surface area contributed by atoms with Crippen molar-refractivity contribution in [3.05, 3.63) is 101 Å². The van der Waals surface area contributed by atoms with Crippen molar-refractivity contribution in [1.29, 1.82) is 0 Å². The third-order valence-corrected chi connectivity index (χ3v) is 6.19. The van der Waals surface area contributed by atoms with Gasteiger partial charge in [0.05, 0.1) is 18.5 Å². The summed E-state index contributed by atoms with van der Waals surface area (Å²) in [5.74, 6) is -1.91. The second kappa shape index (κ2) is 11.5. The van der Waals surface area contributed by atoms with Crippen LogP contribution in [0, 0.1) is 0 Å². The highest BCUT2D eigenvalue weighted by Gasteiger charge is 2.24. The zero-order valence-electron chi connectivity index (χ0n) is 20.4. The molecule has 1 heterocycles. The number of rotatable bonds is 12. The second-order valence-corrected chi connectivity index (χ2v) is 8.92. The zero-order valence-corrected chi connectivity index (χ0v) is 20.4. The first-order valence-corrected chi connectivity index (χ1v) is 11.9. The van der Waals surface area contributed by atoms with Crippen molar-refractivity contribution in [2.45, 2.75) is 32.5 Å². The number of carbonyl (C=O) groups is 3. The lowest BCUT2D eigenvalue weighted by molar-refractivity contribution is -0.138.